The van der Waals surface area contributed by atoms with Gasteiger partial charge in [0.25, 0.3) is 0 Å². The molecule has 0 saturated heterocycles. The van der Waals surface area contributed by atoms with E-state index in [4.69, 9.17) is 11.6 Å². The molecule has 1 aliphatic heterocycles. The van der Waals surface area contributed by atoms with Crippen molar-refractivity contribution in [1.29, 1.82) is 0 Å². The summed E-state index contributed by atoms with van der Waals surface area (Å²) in [6.45, 7) is 0. The van der Waals surface area contributed by atoms with Gasteiger partial charge in [-0.3, -0.25) is 0 Å². The fourth-order valence-electron chi connectivity index (χ4n) is 2.03. The van der Waals surface area contributed by atoms with Crippen molar-refractivity contribution in [3.8, 4) is 0 Å². The number of hydrogen-bond donors (Lipinski definition) is 0. The van der Waals surface area contributed by atoms with E-state index in [0.29, 0.717) is 0 Å². The Morgan fingerprint density at radius 2 is 2.35 bits per heavy atom. The molecule has 3 rings (SSSR count). The molecule has 0 aromatic carbocycles. The van der Waals surface area contributed by atoms with Gasteiger partial charge in [-0.05, 0) is 35.2 Å². The number of halogens is 1. The first kappa shape index (κ1) is 12.1. The molecule has 0 fully saturated rings. The van der Waals surface area contributed by atoms with Gasteiger partial charge in [-0.1, -0.05) is 6.07 Å². The fraction of sp³-hybridized carbons (Fsp3) is 0.385. The highest BCUT2D eigenvalue weighted by molar-refractivity contribution is 7.98. The van der Waals surface area contributed by atoms with Gasteiger partial charge >= 0.3 is 0 Å². The van der Waals surface area contributed by atoms with Crippen molar-refractivity contribution >= 4 is 46.0 Å². The molecule has 3 heterocycles. The average Bonchev–Trinajstić information content (AvgIpc) is 2.96. The first-order chi connectivity index (χ1) is 8.33. The molecule has 1 atom stereocenters. The molecule has 0 amide bonds. The van der Waals surface area contributed by atoms with Crippen LogP contribution in [0.25, 0.3) is 0 Å². The number of fused-ring (bicyclic) bond motifs is 1. The smallest absolute Gasteiger partial charge is 0.0726 e. The van der Waals surface area contributed by atoms with Crippen molar-refractivity contribution in [3.05, 3.63) is 43.8 Å². The van der Waals surface area contributed by atoms with Gasteiger partial charge in [-0.25, -0.2) is 0 Å². The molecule has 1 aliphatic rings. The van der Waals surface area contributed by atoms with Gasteiger partial charge < -0.3 is 0 Å². The average molecular weight is 301 g/mol. The third kappa shape index (κ3) is 2.73. The number of thioether (sulfide) groups is 1. The molecular weight excluding hydrogens is 288 g/mol. The molecule has 0 bridgehead atoms. The minimum atomic E-state index is 0.147. The molecule has 0 N–H and O–H groups in total. The summed E-state index contributed by atoms with van der Waals surface area (Å²) in [7, 11) is 0. The summed E-state index contributed by atoms with van der Waals surface area (Å²) < 4.78 is 0. The summed E-state index contributed by atoms with van der Waals surface area (Å²) in [5.74, 6) is 2.44. The van der Waals surface area contributed by atoms with Crippen LogP contribution in [0.4, 0.5) is 0 Å². The lowest BCUT2D eigenvalue weighted by atomic mass is 10.2. The van der Waals surface area contributed by atoms with Gasteiger partial charge in [0.2, 0.25) is 0 Å². The van der Waals surface area contributed by atoms with Gasteiger partial charge in [-0.15, -0.1) is 34.3 Å². The first-order valence-electron chi connectivity index (χ1n) is 5.68. The summed E-state index contributed by atoms with van der Waals surface area (Å²) in [5.41, 5.74) is 1.53. The van der Waals surface area contributed by atoms with Crippen molar-refractivity contribution in [2.45, 2.75) is 24.0 Å². The summed E-state index contributed by atoms with van der Waals surface area (Å²) in [4.78, 5) is 4.30. The van der Waals surface area contributed by atoms with Crippen LogP contribution in [0.15, 0.2) is 23.6 Å². The molecule has 0 saturated carbocycles. The van der Waals surface area contributed by atoms with E-state index in [1.165, 1.54) is 33.2 Å². The molecule has 0 radical (unpaired) electrons. The zero-order valence-electron chi connectivity index (χ0n) is 9.32. The lowest BCUT2D eigenvalue weighted by Crippen LogP contribution is -1.96. The van der Waals surface area contributed by atoms with E-state index in [-0.39, 0.29) is 5.38 Å². The van der Waals surface area contributed by atoms with Crippen molar-refractivity contribution in [2.24, 2.45) is 0 Å². The van der Waals surface area contributed by atoms with E-state index < -0.39 is 0 Å². The Morgan fingerprint density at radius 3 is 3.12 bits per heavy atom. The molecule has 17 heavy (non-hydrogen) atoms. The second kappa shape index (κ2) is 5.35. The van der Waals surface area contributed by atoms with Crippen molar-refractivity contribution in [3.63, 3.8) is 0 Å². The Kier molecular flexibility index (Phi) is 3.81. The van der Waals surface area contributed by atoms with Crippen LogP contribution >= 0.6 is 46.0 Å². The van der Waals surface area contributed by atoms with Crippen LogP contribution in [-0.2, 0) is 18.6 Å². The van der Waals surface area contributed by atoms with Crippen LogP contribution in [0.5, 0.6) is 0 Å². The molecule has 4 heteroatoms. The summed E-state index contributed by atoms with van der Waals surface area (Å²) in [6, 6.07) is 6.60. The highest BCUT2D eigenvalue weighted by Crippen LogP contribution is 2.38. The maximum atomic E-state index is 6.53. The van der Waals surface area contributed by atoms with Crippen LogP contribution in [0, 0.1) is 0 Å². The molecule has 1 unspecified atom stereocenters. The summed E-state index contributed by atoms with van der Waals surface area (Å²) >= 11 is 12.3. The minimum Gasteiger partial charge on any atom is -0.157 e. The topological polar surface area (TPSA) is 0 Å². The quantitative estimate of drug-likeness (QED) is 0.709. The van der Waals surface area contributed by atoms with E-state index >= 15 is 0 Å². The van der Waals surface area contributed by atoms with E-state index in [1.54, 1.807) is 16.2 Å². The molecule has 90 valence electrons. The van der Waals surface area contributed by atoms with Gasteiger partial charge in [0.15, 0.2) is 0 Å². The Bertz CT molecular complexity index is 463. The van der Waals surface area contributed by atoms with E-state index in [0.717, 1.165) is 6.42 Å². The maximum absolute atomic E-state index is 6.53. The monoisotopic (exact) mass is 300 g/mol. The normalized spacial score (nSPS) is 16.8. The predicted molar refractivity (Wildman–Crippen MR) is 80.8 cm³/mol. The minimum absolute atomic E-state index is 0.147. The lowest BCUT2D eigenvalue weighted by Gasteiger charge is -2.08. The summed E-state index contributed by atoms with van der Waals surface area (Å²) in [6.07, 6.45) is 2.19. The SMILES string of the molecule is ClC(Cc1cccs1)c1cc2c(s1)CCSC2. The number of rotatable bonds is 3. The van der Waals surface area contributed by atoms with Crippen LogP contribution in [0.3, 0.4) is 0 Å². The Morgan fingerprint density at radius 1 is 1.41 bits per heavy atom. The zero-order chi connectivity index (χ0) is 11.7. The third-order valence-electron chi connectivity index (χ3n) is 2.92. The van der Waals surface area contributed by atoms with Crippen molar-refractivity contribution in [2.75, 3.05) is 5.75 Å². The van der Waals surface area contributed by atoms with Crippen LogP contribution in [0.1, 0.15) is 25.6 Å². The van der Waals surface area contributed by atoms with Crippen LogP contribution < -0.4 is 0 Å². The number of aryl methyl sites for hydroxylation is 1. The number of hydrogen-bond acceptors (Lipinski definition) is 3. The Labute approximate surface area is 119 Å². The molecule has 0 spiro atoms. The zero-order valence-corrected chi connectivity index (χ0v) is 12.5. The van der Waals surface area contributed by atoms with E-state index in [1.807, 2.05) is 23.1 Å². The number of alkyl halides is 1. The molecule has 0 aliphatic carbocycles. The van der Waals surface area contributed by atoms with E-state index in [2.05, 4.69) is 23.6 Å². The fourth-order valence-corrected chi connectivity index (χ4v) is 5.59. The van der Waals surface area contributed by atoms with Gasteiger partial charge in [-0.2, -0.15) is 11.8 Å². The molecule has 0 nitrogen and oxygen atoms in total. The number of thiophene rings is 2. The standard InChI is InChI=1S/C13H13ClS3/c14-11(7-10-2-1-4-16-10)13-6-9-8-15-5-3-12(9)17-13/h1-2,4,6,11H,3,5,7-8H2. The van der Waals surface area contributed by atoms with Crippen molar-refractivity contribution < 1.29 is 0 Å². The summed E-state index contributed by atoms with van der Waals surface area (Å²) in [5, 5.41) is 2.27. The van der Waals surface area contributed by atoms with Gasteiger partial charge in [0.1, 0.15) is 0 Å². The van der Waals surface area contributed by atoms with Gasteiger partial charge in [0, 0.05) is 26.8 Å². The second-order valence-electron chi connectivity index (χ2n) is 4.15. The van der Waals surface area contributed by atoms with Crippen molar-refractivity contribution in [1.82, 2.24) is 0 Å². The maximum Gasteiger partial charge on any atom is 0.0726 e. The third-order valence-corrected chi connectivity index (χ3v) is 6.69. The van der Waals surface area contributed by atoms with Crippen LogP contribution in [-0.4, -0.2) is 5.75 Å². The predicted octanol–water partition coefficient (Wildman–Crippen LogP) is 5.12. The molecule has 2 aromatic heterocycles. The lowest BCUT2D eigenvalue weighted by molar-refractivity contribution is 0.959. The highest BCUT2D eigenvalue weighted by Gasteiger charge is 2.18. The molecular formula is C13H13ClS3. The van der Waals surface area contributed by atoms with Gasteiger partial charge in [0.05, 0.1) is 5.38 Å². The first-order valence-corrected chi connectivity index (χ1v) is 8.97. The van der Waals surface area contributed by atoms with Crippen LogP contribution in [0.2, 0.25) is 0 Å². The largest absolute Gasteiger partial charge is 0.157 e. The Balaban J connectivity index is 1.77. The Hall–Kier alpha value is 0.0400. The highest BCUT2D eigenvalue weighted by atomic mass is 35.5. The second-order valence-corrected chi connectivity index (χ2v) is 7.98. The molecule has 2 aromatic rings. The van der Waals surface area contributed by atoms with E-state index in [9.17, 15) is 0 Å².